The van der Waals surface area contributed by atoms with Crippen molar-refractivity contribution in [2.75, 3.05) is 72.7 Å². The Balaban J connectivity index is 6.23. The Labute approximate surface area is 512 Å². The first kappa shape index (κ1) is 87.9. The molecule has 0 aromatic rings. The van der Waals surface area contributed by atoms with Gasteiger partial charge in [-0.05, 0) is 107 Å². The van der Waals surface area contributed by atoms with Gasteiger partial charge in [-0.15, -0.1) is 0 Å². The molecule has 17 nitrogen and oxygen atoms in total. The third-order valence-electron chi connectivity index (χ3n) is 13.3. The summed E-state index contributed by atoms with van der Waals surface area (Å²) in [5, 5.41) is 28.1. The van der Waals surface area contributed by atoms with E-state index in [1.165, 1.54) is 0 Å². The number of aliphatic hydroxyl groups is 1. The van der Waals surface area contributed by atoms with E-state index in [0.717, 1.165) is 12.8 Å². The number of unbranched alkanes of at least 4 members (excludes halogenated alkanes) is 6. The molecule has 0 saturated carbocycles. The highest BCUT2D eigenvalue weighted by Gasteiger charge is 2.41. The van der Waals surface area contributed by atoms with Crippen LogP contribution in [0.4, 0.5) is 79.0 Å². The first-order valence-electron chi connectivity index (χ1n) is 29.2. The number of hydrogen-bond donors (Lipinski definition) is 2. The zero-order chi connectivity index (χ0) is 68.7. The molecule has 0 bridgehead atoms. The third kappa shape index (κ3) is 50.4. The largest absolute Gasteiger partial charge is 0.475 e. The maximum Gasteiger partial charge on any atom is 0.475 e. The highest BCUT2D eigenvalue weighted by atomic mass is 31.2. The molecule has 38 heteroatoms. The van der Waals surface area contributed by atoms with E-state index in [2.05, 4.69) is 0 Å². The molecule has 0 aliphatic heterocycles. The summed E-state index contributed by atoms with van der Waals surface area (Å²) in [7, 11) is -14.7. The lowest BCUT2D eigenvalue weighted by Gasteiger charge is -2.35. The van der Waals surface area contributed by atoms with Gasteiger partial charge in [0.2, 0.25) is 0 Å². The van der Waals surface area contributed by atoms with E-state index in [0.29, 0.717) is 12.8 Å². The Hall–Kier alpha value is -2.07. The SMILES string of the molecule is CCCCCCOP(=O)(OCCC#N)OC(COCC(CCCC(F)(F)F)(CCCC(F)(F)F)CCCC(F)(F)F)COP(=O)(O)OCCCCCCOP(=O)(OCCC#N)OC(CO)COCC(CCCC(F)(F)F)(CCCC(F)(F)F)CCCC(F)(F)F. The van der Waals surface area contributed by atoms with Crippen LogP contribution in [0.2, 0.25) is 0 Å². The highest BCUT2D eigenvalue weighted by molar-refractivity contribution is 7.48. The highest BCUT2D eigenvalue weighted by Crippen LogP contribution is 2.53. The number of halogens is 18. The molecule has 2 N–H and O–H groups in total. The van der Waals surface area contributed by atoms with E-state index >= 15 is 0 Å². The number of rotatable bonds is 55. The summed E-state index contributed by atoms with van der Waals surface area (Å²) in [6.07, 6.45) is -45.7. The summed E-state index contributed by atoms with van der Waals surface area (Å²) >= 11 is 0. The van der Waals surface area contributed by atoms with Gasteiger partial charge in [0.05, 0.1) is 97.7 Å². The van der Waals surface area contributed by atoms with Gasteiger partial charge in [0, 0.05) is 38.5 Å². The molecule has 0 aromatic heterocycles. The van der Waals surface area contributed by atoms with Gasteiger partial charge in [0.25, 0.3) is 0 Å². The van der Waals surface area contributed by atoms with E-state index in [4.69, 9.17) is 56.2 Å². The number of phosphoric acid groups is 3. The first-order valence-corrected chi connectivity index (χ1v) is 33.6. The van der Waals surface area contributed by atoms with Gasteiger partial charge >= 0.3 is 60.5 Å². The molecule has 0 saturated heterocycles. The van der Waals surface area contributed by atoms with Crippen LogP contribution >= 0.6 is 23.5 Å². The predicted molar refractivity (Wildman–Crippen MR) is 287 cm³/mol. The molecule has 0 spiro atoms. The van der Waals surface area contributed by atoms with Gasteiger partial charge in [-0.3, -0.25) is 36.2 Å². The summed E-state index contributed by atoms with van der Waals surface area (Å²) in [4.78, 5) is 10.6. The van der Waals surface area contributed by atoms with Crippen molar-refractivity contribution in [2.24, 2.45) is 10.8 Å². The molecule has 534 valence electrons. The van der Waals surface area contributed by atoms with Crippen molar-refractivity contribution in [2.45, 2.75) is 236 Å². The van der Waals surface area contributed by atoms with E-state index in [1.807, 2.05) is 6.92 Å². The molecular formula is C52H85F18N2O15P3. The van der Waals surface area contributed by atoms with Crippen molar-refractivity contribution in [3.63, 3.8) is 0 Å². The fourth-order valence-corrected chi connectivity index (χ4v) is 12.5. The van der Waals surface area contributed by atoms with Crippen molar-refractivity contribution in [1.82, 2.24) is 0 Å². The smallest absolute Gasteiger partial charge is 0.394 e. The molecule has 0 aromatic carbocycles. The Morgan fingerprint density at radius 3 is 0.967 bits per heavy atom. The summed E-state index contributed by atoms with van der Waals surface area (Å²) in [5.74, 6) is 0. The second-order valence-electron chi connectivity index (χ2n) is 21.6. The zero-order valence-electron chi connectivity index (χ0n) is 50.0. The van der Waals surface area contributed by atoms with Crippen molar-refractivity contribution < 1.29 is 148 Å². The molecule has 5 unspecified atom stereocenters. The quantitative estimate of drug-likeness (QED) is 0.0327. The summed E-state index contributed by atoms with van der Waals surface area (Å²) in [5.41, 5.74) is -3.37. The van der Waals surface area contributed by atoms with Crippen LogP contribution in [0.3, 0.4) is 0 Å². The van der Waals surface area contributed by atoms with Crippen LogP contribution in [-0.4, -0.2) is 132 Å². The van der Waals surface area contributed by atoms with Crippen LogP contribution in [0, 0.1) is 33.5 Å². The lowest BCUT2D eigenvalue weighted by molar-refractivity contribution is -0.144. The molecule has 90 heavy (non-hydrogen) atoms. The van der Waals surface area contributed by atoms with Gasteiger partial charge in [0.1, 0.15) is 12.2 Å². The summed E-state index contributed by atoms with van der Waals surface area (Å²) in [6.45, 7) is -5.68. The van der Waals surface area contributed by atoms with Crippen LogP contribution < -0.4 is 0 Å². The lowest BCUT2D eigenvalue weighted by Crippen LogP contribution is -2.32. The van der Waals surface area contributed by atoms with Crippen LogP contribution in [0.5, 0.6) is 0 Å². The second-order valence-corrected chi connectivity index (χ2v) is 26.3. The molecule has 0 amide bonds. The zero-order valence-corrected chi connectivity index (χ0v) is 52.7. The average molecular weight is 1410 g/mol. The fraction of sp³-hybridized carbons (Fsp3) is 0.962. The molecule has 0 rings (SSSR count). The number of alkyl halides is 18. The Morgan fingerprint density at radius 2 is 0.667 bits per heavy atom. The van der Waals surface area contributed by atoms with E-state index in [9.17, 15) is 103 Å². The number of hydrogen-bond acceptors (Lipinski definition) is 16. The van der Waals surface area contributed by atoms with Crippen molar-refractivity contribution in [1.29, 1.82) is 10.5 Å². The number of ether oxygens (including phenoxy) is 2. The topological polar surface area (TPSA) is 232 Å². The minimum absolute atomic E-state index is 0.00921. The maximum absolute atomic E-state index is 13.9. The van der Waals surface area contributed by atoms with Gasteiger partial charge in [-0.1, -0.05) is 39.0 Å². The minimum Gasteiger partial charge on any atom is -0.394 e. The van der Waals surface area contributed by atoms with Gasteiger partial charge in [-0.25, -0.2) is 13.7 Å². The monoisotopic (exact) mass is 1410 g/mol. The fourth-order valence-electron chi connectivity index (χ4n) is 9.01. The van der Waals surface area contributed by atoms with Crippen LogP contribution in [0.15, 0.2) is 0 Å². The molecule has 0 aliphatic carbocycles. The Kier molecular flexibility index (Phi) is 42.9. The maximum atomic E-state index is 13.9. The van der Waals surface area contributed by atoms with Crippen LogP contribution in [0.1, 0.15) is 187 Å². The van der Waals surface area contributed by atoms with E-state index in [1.54, 1.807) is 12.1 Å². The Bertz CT molecular complexity index is 2030. The van der Waals surface area contributed by atoms with Gasteiger partial charge < -0.3 is 19.5 Å². The lowest BCUT2D eigenvalue weighted by atomic mass is 9.75. The predicted octanol–water partition coefficient (Wildman–Crippen LogP) is 18.5. The number of nitriles is 2. The minimum atomic E-state index is -5.14. The van der Waals surface area contributed by atoms with Crippen molar-refractivity contribution in [3.8, 4) is 12.1 Å². The number of phosphoric ester groups is 3. The second kappa shape index (κ2) is 43.9. The van der Waals surface area contributed by atoms with E-state index in [-0.39, 0.29) is 45.1 Å². The molecule has 0 aliphatic rings. The number of aliphatic hydroxyl groups excluding tert-OH is 1. The van der Waals surface area contributed by atoms with Crippen LogP contribution in [0.25, 0.3) is 0 Å². The molecule has 5 atom stereocenters. The summed E-state index contributed by atoms with van der Waals surface area (Å²) in [6, 6.07) is 3.43. The molecule has 0 heterocycles. The van der Waals surface area contributed by atoms with Crippen LogP contribution in [-0.2, 0) is 59.4 Å². The third-order valence-corrected chi connectivity index (χ3v) is 17.4. The van der Waals surface area contributed by atoms with Gasteiger partial charge in [0.15, 0.2) is 0 Å². The Morgan fingerprint density at radius 1 is 0.378 bits per heavy atom. The first-order chi connectivity index (χ1) is 41.6. The van der Waals surface area contributed by atoms with E-state index < -0.39 is 265 Å². The molecular weight excluding hydrogens is 1330 g/mol. The molecule has 0 radical (unpaired) electrons. The van der Waals surface area contributed by atoms with Crippen molar-refractivity contribution in [3.05, 3.63) is 0 Å². The number of nitrogens with zero attached hydrogens (tertiary/aromatic N) is 2. The van der Waals surface area contributed by atoms with Crippen molar-refractivity contribution >= 4 is 23.5 Å². The standard InChI is InChI=1S/C52H85F18N2O15P3/c1-2-3-4-7-33-82-90(77,84-36-17-31-72)87-44(39-79-42-46(21-13-27-50(62,63)64,22-14-28-51(65,66)67)23-15-29-52(68,69)70)40-85-88(74,75)80-32-8-5-6-9-34-81-89(76,83-35-16-30-71)86-43(37-73)38-78-41-45(18-10-24-47(53,54)55,19-11-25-48(56,57)58)20-12-26-49(59,60)61/h43-44,73H,2-29,32-42H2,1H3,(H,74,75). The normalized spacial score (nSPS) is 16.1. The summed E-state index contributed by atoms with van der Waals surface area (Å²) < 4.78 is 332. The van der Waals surface area contributed by atoms with Gasteiger partial charge in [-0.2, -0.15) is 89.6 Å². The average Bonchev–Trinajstić information content (AvgIpc) is 1.08. The molecule has 0 fully saturated rings.